The maximum atomic E-state index is 12.1. The van der Waals surface area contributed by atoms with Gasteiger partial charge in [-0.3, -0.25) is 4.79 Å². The van der Waals surface area contributed by atoms with Crippen LogP contribution in [0.3, 0.4) is 0 Å². The molecule has 0 aliphatic rings. The second-order valence-corrected chi connectivity index (χ2v) is 5.69. The van der Waals surface area contributed by atoms with Gasteiger partial charge in [-0.15, -0.1) is 0 Å². The first kappa shape index (κ1) is 17.6. The fraction of sp³-hybridized carbons (Fsp3) is 0.0952. The molecule has 3 nitrogen and oxygen atoms in total. The summed E-state index contributed by atoms with van der Waals surface area (Å²) in [5.41, 5.74) is 3.62. The quantitative estimate of drug-likeness (QED) is 0.667. The Hall–Kier alpha value is -3.21. The van der Waals surface area contributed by atoms with Crippen LogP contribution in [0, 0.1) is 0 Å². The molecule has 0 saturated carbocycles. The molecule has 0 spiro atoms. The number of rotatable bonds is 6. The van der Waals surface area contributed by atoms with Gasteiger partial charge in [-0.1, -0.05) is 54.6 Å². The minimum absolute atomic E-state index is 0.0505. The Kier molecular flexibility index (Phi) is 5.59. The SMILES string of the molecule is O=C(Cc1ccc(-c2ccccc2)cc1)Nc1ccc(OC(F)F)cc1. The number of carbonyl (C=O) groups excluding carboxylic acids is 1. The number of nitrogens with one attached hydrogen (secondary N) is 1. The molecule has 0 radical (unpaired) electrons. The highest BCUT2D eigenvalue weighted by atomic mass is 19.3. The molecule has 0 heterocycles. The highest BCUT2D eigenvalue weighted by molar-refractivity contribution is 5.92. The van der Waals surface area contributed by atoms with Crippen molar-refractivity contribution >= 4 is 11.6 Å². The Bertz CT molecular complexity index is 847. The van der Waals surface area contributed by atoms with Crippen LogP contribution in [0.1, 0.15) is 5.56 Å². The number of hydrogen-bond donors (Lipinski definition) is 1. The summed E-state index contributed by atoms with van der Waals surface area (Å²) >= 11 is 0. The maximum absolute atomic E-state index is 12.1. The molecule has 5 heteroatoms. The summed E-state index contributed by atoms with van der Waals surface area (Å²) in [5.74, 6) is -0.130. The molecular weight excluding hydrogens is 336 g/mol. The van der Waals surface area contributed by atoms with E-state index in [1.54, 1.807) is 0 Å². The predicted molar refractivity (Wildman–Crippen MR) is 97.3 cm³/mol. The van der Waals surface area contributed by atoms with E-state index < -0.39 is 6.61 Å². The van der Waals surface area contributed by atoms with Crippen LogP contribution >= 0.6 is 0 Å². The summed E-state index contributed by atoms with van der Waals surface area (Å²) in [6, 6.07) is 23.6. The van der Waals surface area contributed by atoms with E-state index in [2.05, 4.69) is 10.1 Å². The molecule has 0 bridgehead atoms. The van der Waals surface area contributed by atoms with Gasteiger partial charge in [0.25, 0.3) is 0 Å². The minimum atomic E-state index is -2.87. The van der Waals surface area contributed by atoms with E-state index >= 15 is 0 Å². The molecule has 0 atom stereocenters. The standard InChI is InChI=1S/C21H17F2NO2/c22-21(23)26-19-12-10-18(11-13-19)24-20(25)14-15-6-8-17(9-7-15)16-4-2-1-3-5-16/h1-13,21H,14H2,(H,24,25). The van der Waals surface area contributed by atoms with Crippen LogP contribution in [0.15, 0.2) is 78.9 Å². The lowest BCUT2D eigenvalue weighted by molar-refractivity contribution is -0.115. The summed E-state index contributed by atoms with van der Waals surface area (Å²) in [4.78, 5) is 12.1. The fourth-order valence-corrected chi connectivity index (χ4v) is 2.56. The fourth-order valence-electron chi connectivity index (χ4n) is 2.56. The van der Waals surface area contributed by atoms with E-state index in [4.69, 9.17) is 0 Å². The van der Waals surface area contributed by atoms with E-state index in [9.17, 15) is 13.6 Å². The number of benzene rings is 3. The molecule has 0 unspecified atom stereocenters. The van der Waals surface area contributed by atoms with Crippen molar-refractivity contribution < 1.29 is 18.3 Å². The van der Waals surface area contributed by atoms with Crippen molar-refractivity contribution in [2.24, 2.45) is 0 Å². The van der Waals surface area contributed by atoms with Gasteiger partial charge >= 0.3 is 6.61 Å². The normalized spacial score (nSPS) is 10.6. The largest absolute Gasteiger partial charge is 0.435 e. The Morgan fingerprint density at radius 2 is 1.46 bits per heavy atom. The van der Waals surface area contributed by atoms with Crippen molar-refractivity contribution in [3.05, 3.63) is 84.4 Å². The van der Waals surface area contributed by atoms with Gasteiger partial charge in [0.15, 0.2) is 0 Å². The van der Waals surface area contributed by atoms with Gasteiger partial charge in [-0.25, -0.2) is 0 Å². The first-order chi connectivity index (χ1) is 12.6. The van der Waals surface area contributed by atoms with Crippen LogP contribution in [0.5, 0.6) is 5.75 Å². The number of alkyl halides is 2. The molecule has 3 aromatic carbocycles. The van der Waals surface area contributed by atoms with Crippen LogP contribution in [-0.2, 0) is 11.2 Å². The lowest BCUT2D eigenvalue weighted by Gasteiger charge is -2.08. The number of carbonyl (C=O) groups is 1. The monoisotopic (exact) mass is 353 g/mol. The Morgan fingerprint density at radius 1 is 0.846 bits per heavy atom. The van der Waals surface area contributed by atoms with E-state index in [1.165, 1.54) is 24.3 Å². The highest BCUT2D eigenvalue weighted by Gasteiger charge is 2.07. The van der Waals surface area contributed by atoms with Crippen molar-refractivity contribution in [1.82, 2.24) is 0 Å². The molecular formula is C21H17F2NO2. The predicted octanol–water partition coefficient (Wildman–Crippen LogP) is 5.14. The number of ether oxygens (including phenoxy) is 1. The van der Waals surface area contributed by atoms with Gasteiger partial charge in [-0.2, -0.15) is 8.78 Å². The van der Waals surface area contributed by atoms with Crippen molar-refractivity contribution in [1.29, 1.82) is 0 Å². The lowest BCUT2D eigenvalue weighted by atomic mass is 10.0. The zero-order valence-corrected chi connectivity index (χ0v) is 13.9. The third-order valence-electron chi connectivity index (χ3n) is 3.79. The molecule has 132 valence electrons. The van der Waals surface area contributed by atoms with Crippen LogP contribution in [0.4, 0.5) is 14.5 Å². The number of amides is 1. The second-order valence-electron chi connectivity index (χ2n) is 5.69. The molecule has 0 fully saturated rings. The summed E-state index contributed by atoms with van der Waals surface area (Å²) in [7, 11) is 0. The van der Waals surface area contributed by atoms with Crippen LogP contribution < -0.4 is 10.1 Å². The van der Waals surface area contributed by atoms with Crippen LogP contribution in [0.2, 0.25) is 0 Å². The first-order valence-electron chi connectivity index (χ1n) is 8.09. The molecule has 0 aromatic heterocycles. The molecule has 3 rings (SSSR count). The third-order valence-corrected chi connectivity index (χ3v) is 3.79. The van der Waals surface area contributed by atoms with E-state index in [-0.39, 0.29) is 18.1 Å². The van der Waals surface area contributed by atoms with Crippen molar-refractivity contribution in [2.75, 3.05) is 5.32 Å². The Morgan fingerprint density at radius 3 is 2.08 bits per heavy atom. The van der Waals surface area contributed by atoms with Gasteiger partial charge in [0.2, 0.25) is 5.91 Å². The Balaban J connectivity index is 1.58. The smallest absolute Gasteiger partial charge is 0.387 e. The molecule has 1 N–H and O–H groups in total. The van der Waals surface area contributed by atoms with E-state index in [0.717, 1.165) is 16.7 Å². The number of hydrogen-bond acceptors (Lipinski definition) is 2. The summed E-state index contributed by atoms with van der Waals surface area (Å²) < 4.78 is 28.5. The zero-order valence-electron chi connectivity index (χ0n) is 13.9. The molecule has 0 aliphatic carbocycles. The van der Waals surface area contributed by atoms with Crippen molar-refractivity contribution in [3.8, 4) is 16.9 Å². The number of anilines is 1. The summed E-state index contributed by atoms with van der Waals surface area (Å²) in [6.07, 6.45) is 0.227. The molecule has 0 saturated heterocycles. The lowest BCUT2D eigenvalue weighted by Crippen LogP contribution is -2.14. The second kappa shape index (κ2) is 8.25. The van der Waals surface area contributed by atoms with Gasteiger partial charge in [0.1, 0.15) is 5.75 Å². The Labute approximate surface area is 150 Å². The van der Waals surface area contributed by atoms with Crippen molar-refractivity contribution in [3.63, 3.8) is 0 Å². The van der Waals surface area contributed by atoms with Gasteiger partial charge in [-0.05, 0) is 41.0 Å². The zero-order chi connectivity index (χ0) is 18.4. The summed E-state index contributed by atoms with van der Waals surface area (Å²) in [5, 5.41) is 2.74. The maximum Gasteiger partial charge on any atom is 0.387 e. The molecule has 3 aromatic rings. The third kappa shape index (κ3) is 4.89. The minimum Gasteiger partial charge on any atom is -0.435 e. The van der Waals surface area contributed by atoms with Gasteiger partial charge in [0, 0.05) is 5.69 Å². The first-order valence-corrected chi connectivity index (χ1v) is 8.09. The highest BCUT2D eigenvalue weighted by Crippen LogP contribution is 2.20. The van der Waals surface area contributed by atoms with Gasteiger partial charge in [0.05, 0.1) is 6.42 Å². The molecule has 0 aliphatic heterocycles. The molecule has 1 amide bonds. The average molecular weight is 353 g/mol. The average Bonchev–Trinajstić information content (AvgIpc) is 2.64. The topological polar surface area (TPSA) is 38.3 Å². The van der Waals surface area contributed by atoms with Gasteiger partial charge < -0.3 is 10.1 Å². The number of halogens is 2. The van der Waals surface area contributed by atoms with Crippen molar-refractivity contribution in [2.45, 2.75) is 13.0 Å². The summed E-state index contributed by atoms with van der Waals surface area (Å²) in [6.45, 7) is -2.87. The molecule has 26 heavy (non-hydrogen) atoms. The van der Waals surface area contributed by atoms with Crippen LogP contribution in [0.25, 0.3) is 11.1 Å². The van der Waals surface area contributed by atoms with E-state index in [1.807, 2.05) is 54.6 Å². The van der Waals surface area contributed by atoms with Crippen LogP contribution in [-0.4, -0.2) is 12.5 Å². The van der Waals surface area contributed by atoms with E-state index in [0.29, 0.717) is 5.69 Å².